The van der Waals surface area contributed by atoms with Gasteiger partial charge in [0.05, 0.1) is 6.61 Å². The van der Waals surface area contributed by atoms with E-state index in [2.05, 4.69) is 0 Å². The molecule has 6 heteroatoms. The first kappa shape index (κ1) is 12.8. The van der Waals surface area contributed by atoms with Crippen LogP contribution in [0.5, 0.6) is 0 Å². The topological polar surface area (TPSA) is 66.4 Å². The summed E-state index contributed by atoms with van der Waals surface area (Å²) in [7, 11) is 0. The molecule has 6 nitrogen and oxygen atoms in total. The van der Waals surface area contributed by atoms with Crippen molar-refractivity contribution in [2.45, 2.75) is 70.0 Å². The van der Waals surface area contributed by atoms with Crippen molar-refractivity contribution in [1.82, 2.24) is 0 Å². The van der Waals surface area contributed by atoms with Crippen LogP contribution in [-0.2, 0) is 23.7 Å². The molecule has 0 aliphatic carbocycles. The van der Waals surface area contributed by atoms with Gasteiger partial charge in [0.2, 0.25) is 0 Å². The molecule has 5 atom stereocenters. The van der Waals surface area contributed by atoms with Gasteiger partial charge in [-0.1, -0.05) is 0 Å². The summed E-state index contributed by atoms with van der Waals surface area (Å²) in [6.07, 6.45) is -2.53. The second-order valence-corrected chi connectivity index (χ2v) is 5.93. The van der Waals surface area contributed by atoms with Crippen molar-refractivity contribution >= 4 is 0 Å². The fourth-order valence-corrected chi connectivity index (χ4v) is 2.70. The maximum Gasteiger partial charge on any atom is 0.190 e. The highest BCUT2D eigenvalue weighted by molar-refractivity contribution is 4.97. The van der Waals surface area contributed by atoms with Crippen molar-refractivity contribution in [3.8, 4) is 0 Å². The Morgan fingerprint density at radius 1 is 0.944 bits per heavy atom. The first-order valence-electron chi connectivity index (χ1n) is 6.28. The molecule has 3 saturated heterocycles. The Kier molecular flexibility index (Phi) is 2.75. The Hall–Kier alpha value is -0.240. The van der Waals surface area contributed by atoms with Gasteiger partial charge in [-0.05, 0) is 27.7 Å². The van der Waals surface area contributed by atoms with Crippen molar-refractivity contribution in [3.05, 3.63) is 0 Å². The van der Waals surface area contributed by atoms with Gasteiger partial charge in [-0.15, -0.1) is 0 Å². The van der Waals surface area contributed by atoms with Gasteiger partial charge in [0, 0.05) is 0 Å². The van der Waals surface area contributed by atoms with Crippen LogP contribution >= 0.6 is 0 Å². The zero-order valence-corrected chi connectivity index (χ0v) is 11.1. The van der Waals surface area contributed by atoms with Crippen molar-refractivity contribution in [2.24, 2.45) is 0 Å². The van der Waals surface area contributed by atoms with E-state index in [1.807, 2.05) is 13.8 Å². The van der Waals surface area contributed by atoms with Crippen molar-refractivity contribution < 1.29 is 28.8 Å². The molecule has 0 spiro atoms. The zero-order chi connectivity index (χ0) is 13.1. The molecule has 0 aromatic heterocycles. The van der Waals surface area contributed by atoms with Crippen LogP contribution < -0.4 is 0 Å². The van der Waals surface area contributed by atoms with E-state index in [9.17, 15) is 5.11 Å². The monoisotopic (exact) mass is 260 g/mol. The van der Waals surface area contributed by atoms with E-state index in [0.29, 0.717) is 6.61 Å². The molecule has 3 heterocycles. The smallest absolute Gasteiger partial charge is 0.190 e. The third kappa shape index (κ3) is 2.07. The second kappa shape index (κ2) is 3.88. The van der Waals surface area contributed by atoms with E-state index < -0.39 is 36.2 Å². The number of ether oxygens (including phenoxy) is 5. The minimum atomic E-state index is -0.765. The molecule has 0 radical (unpaired) electrons. The average molecular weight is 260 g/mol. The summed E-state index contributed by atoms with van der Waals surface area (Å²) in [5.74, 6) is -1.35. The van der Waals surface area contributed by atoms with Gasteiger partial charge in [-0.2, -0.15) is 0 Å². The number of rotatable bonds is 1. The molecule has 0 bridgehead atoms. The van der Waals surface area contributed by atoms with Crippen LogP contribution in [-0.4, -0.2) is 54.0 Å². The van der Waals surface area contributed by atoms with Crippen LogP contribution in [0.4, 0.5) is 0 Å². The summed E-state index contributed by atoms with van der Waals surface area (Å²) in [5.41, 5.74) is 0. The number of fused-ring (bicyclic) bond motifs is 1. The SMILES string of the molecule is CC1(C)O[C@H]2O[C@H]([C@H]3COC(C)(C)O3)[C@H](O)[C@@H]2O1. The van der Waals surface area contributed by atoms with E-state index >= 15 is 0 Å². The van der Waals surface area contributed by atoms with Gasteiger partial charge in [0.15, 0.2) is 17.9 Å². The Morgan fingerprint density at radius 2 is 1.67 bits per heavy atom. The highest BCUT2D eigenvalue weighted by atomic mass is 16.8. The van der Waals surface area contributed by atoms with E-state index in [1.165, 1.54) is 0 Å². The molecule has 3 fully saturated rings. The molecular formula is C12H20O6. The van der Waals surface area contributed by atoms with Gasteiger partial charge < -0.3 is 28.8 Å². The first-order chi connectivity index (χ1) is 8.27. The zero-order valence-electron chi connectivity index (χ0n) is 11.1. The van der Waals surface area contributed by atoms with E-state index in [4.69, 9.17) is 23.7 Å². The molecule has 3 aliphatic rings. The standard InChI is InChI=1S/C12H20O6/c1-11(2)14-5-6(16-11)8-7(13)9-10(15-8)18-12(3,4)17-9/h6-10,13H,5H2,1-4H3/t6-,7+,8-,9+,10-/m1/s1. The molecule has 0 aromatic rings. The number of hydrogen-bond acceptors (Lipinski definition) is 6. The van der Waals surface area contributed by atoms with Gasteiger partial charge >= 0.3 is 0 Å². The normalized spacial score (nSPS) is 49.5. The average Bonchev–Trinajstić information content (AvgIpc) is 2.81. The lowest BCUT2D eigenvalue weighted by Crippen LogP contribution is -2.42. The minimum Gasteiger partial charge on any atom is -0.387 e. The van der Waals surface area contributed by atoms with Gasteiger partial charge in [-0.25, -0.2) is 0 Å². The minimum absolute atomic E-state index is 0.295. The van der Waals surface area contributed by atoms with Gasteiger partial charge in [0.1, 0.15) is 24.4 Å². The third-order valence-electron chi connectivity index (χ3n) is 3.45. The Morgan fingerprint density at radius 3 is 2.22 bits per heavy atom. The molecule has 3 rings (SSSR count). The second-order valence-electron chi connectivity index (χ2n) is 5.93. The summed E-state index contributed by atoms with van der Waals surface area (Å²) >= 11 is 0. The van der Waals surface area contributed by atoms with Crippen LogP contribution in [0, 0.1) is 0 Å². The molecule has 104 valence electrons. The number of aliphatic hydroxyl groups is 1. The van der Waals surface area contributed by atoms with Crippen molar-refractivity contribution in [3.63, 3.8) is 0 Å². The number of aliphatic hydroxyl groups excluding tert-OH is 1. The number of hydrogen-bond donors (Lipinski definition) is 1. The molecule has 0 amide bonds. The van der Waals surface area contributed by atoms with Crippen LogP contribution in [0.25, 0.3) is 0 Å². The lowest BCUT2D eigenvalue weighted by atomic mass is 10.1. The Bertz CT molecular complexity index is 341. The fraction of sp³-hybridized carbons (Fsp3) is 1.00. The van der Waals surface area contributed by atoms with Crippen LogP contribution in [0.3, 0.4) is 0 Å². The van der Waals surface area contributed by atoms with Crippen LogP contribution in [0.2, 0.25) is 0 Å². The summed E-state index contributed by atoms with van der Waals surface area (Å²) in [6.45, 7) is 7.68. The predicted molar refractivity (Wildman–Crippen MR) is 59.6 cm³/mol. The van der Waals surface area contributed by atoms with Crippen LogP contribution in [0.15, 0.2) is 0 Å². The third-order valence-corrected chi connectivity index (χ3v) is 3.45. The Balaban J connectivity index is 1.68. The van der Waals surface area contributed by atoms with Crippen molar-refractivity contribution in [2.75, 3.05) is 6.61 Å². The largest absolute Gasteiger partial charge is 0.387 e. The molecule has 0 saturated carbocycles. The summed E-state index contributed by atoms with van der Waals surface area (Å²) in [5, 5.41) is 10.3. The lowest BCUT2D eigenvalue weighted by molar-refractivity contribution is -0.232. The molecule has 18 heavy (non-hydrogen) atoms. The molecule has 0 unspecified atom stereocenters. The van der Waals surface area contributed by atoms with Crippen molar-refractivity contribution in [1.29, 1.82) is 0 Å². The summed E-state index contributed by atoms with van der Waals surface area (Å²) < 4.78 is 28.1. The predicted octanol–water partition coefficient (Wildman–Crippen LogP) is 0.375. The van der Waals surface area contributed by atoms with Gasteiger partial charge in [-0.3, -0.25) is 0 Å². The van der Waals surface area contributed by atoms with E-state index in [1.54, 1.807) is 13.8 Å². The molecular weight excluding hydrogens is 240 g/mol. The van der Waals surface area contributed by atoms with Crippen LogP contribution in [0.1, 0.15) is 27.7 Å². The fourth-order valence-electron chi connectivity index (χ4n) is 2.70. The van der Waals surface area contributed by atoms with E-state index in [-0.39, 0.29) is 6.10 Å². The maximum atomic E-state index is 10.3. The summed E-state index contributed by atoms with van der Waals surface area (Å²) in [4.78, 5) is 0. The molecule has 0 aromatic carbocycles. The highest BCUT2D eigenvalue weighted by Crippen LogP contribution is 2.40. The van der Waals surface area contributed by atoms with Gasteiger partial charge in [0.25, 0.3) is 0 Å². The Labute approximate surface area is 106 Å². The highest BCUT2D eigenvalue weighted by Gasteiger charge is 2.57. The lowest BCUT2D eigenvalue weighted by Gasteiger charge is -2.26. The first-order valence-corrected chi connectivity index (χ1v) is 6.28. The quantitative estimate of drug-likeness (QED) is 0.735. The molecule has 3 aliphatic heterocycles. The summed E-state index contributed by atoms with van der Waals surface area (Å²) in [6, 6.07) is 0. The maximum absolute atomic E-state index is 10.3. The van der Waals surface area contributed by atoms with E-state index in [0.717, 1.165) is 0 Å². The molecule has 1 N–H and O–H groups in total.